The standard InChI is InChI=1S/C26H19ClN4O4/c1-16-5-4-12-31-23(16)30-25(35-21-10-8-20(34-2)9-11-21)22(26(31)33)13-17(15-28)24(32)29-19-7-3-6-18(27)14-19/h3-14H,1-2H3,(H,29,32)/b17-13-. The zero-order valence-corrected chi connectivity index (χ0v) is 19.5. The molecule has 4 aromatic rings. The molecular formula is C26H19ClN4O4. The maximum atomic E-state index is 13.4. The number of nitrogens with zero attached hydrogens (tertiary/aromatic N) is 3. The molecule has 2 aromatic heterocycles. The number of halogens is 1. The number of anilines is 1. The number of fused-ring (bicyclic) bond motifs is 1. The summed E-state index contributed by atoms with van der Waals surface area (Å²) in [5.74, 6) is 0.271. The van der Waals surface area contributed by atoms with E-state index in [-0.39, 0.29) is 17.0 Å². The maximum Gasteiger partial charge on any atom is 0.269 e. The molecule has 0 fully saturated rings. The van der Waals surface area contributed by atoms with Gasteiger partial charge in [-0.2, -0.15) is 10.2 Å². The van der Waals surface area contributed by atoms with E-state index in [0.29, 0.717) is 27.9 Å². The Hall–Kier alpha value is -4.61. The van der Waals surface area contributed by atoms with Crippen LogP contribution in [0.2, 0.25) is 5.02 Å². The maximum absolute atomic E-state index is 13.4. The summed E-state index contributed by atoms with van der Waals surface area (Å²) in [6.07, 6.45) is 2.73. The van der Waals surface area contributed by atoms with Crippen LogP contribution in [0.3, 0.4) is 0 Å². The first kappa shape index (κ1) is 23.5. The molecule has 2 heterocycles. The Morgan fingerprint density at radius 1 is 1.14 bits per heavy atom. The van der Waals surface area contributed by atoms with Gasteiger partial charge < -0.3 is 14.8 Å². The van der Waals surface area contributed by atoms with Crippen molar-refractivity contribution < 1.29 is 14.3 Å². The lowest BCUT2D eigenvalue weighted by atomic mass is 10.1. The smallest absolute Gasteiger partial charge is 0.269 e. The molecule has 1 N–H and O–H groups in total. The van der Waals surface area contributed by atoms with Gasteiger partial charge in [0.1, 0.15) is 34.4 Å². The molecule has 0 spiro atoms. The lowest BCUT2D eigenvalue weighted by Gasteiger charge is -2.12. The van der Waals surface area contributed by atoms with E-state index in [1.807, 2.05) is 19.1 Å². The van der Waals surface area contributed by atoms with Gasteiger partial charge in [-0.25, -0.2) is 0 Å². The van der Waals surface area contributed by atoms with Gasteiger partial charge >= 0.3 is 0 Å². The van der Waals surface area contributed by atoms with Gasteiger partial charge in [-0.05, 0) is 67.1 Å². The molecule has 0 bridgehead atoms. The highest BCUT2D eigenvalue weighted by atomic mass is 35.5. The van der Waals surface area contributed by atoms with Gasteiger partial charge in [-0.3, -0.25) is 14.0 Å². The van der Waals surface area contributed by atoms with E-state index in [1.54, 1.807) is 67.9 Å². The number of amides is 1. The van der Waals surface area contributed by atoms with Crippen LogP contribution in [0, 0.1) is 18.3 Å². The molecule has 0 aliphatic rings. The molecule has 8 nitrogen and oxygen atoms in total. The number of carbonyl (C=O) groups is 1. The summed E-state index contributed by atoms with van der Waals surface area (Å²) in [4.78, 5) is 30.7. The Kier molecular flexibility index (Phi) is 6.81. The Balaban J connectivity index is 1.81. The number of nitrogens with one attached hydrogen (secondary N) is 1. The number of rotatable bonds is 6. The van der Waals surface area contributed by atoms with E-state index >= 15 is 0 Å². The minimum atomic E-state index is -0.709. The number of methoxy groups -OCH3 is 1. The van der Waals surface area contributed by atoms with E-state index < -0.39 is 11.5 Å². The highest BCUT2D eigenvalue weighted by molar-refractivity contribution is 6.31. The molecule has 174 valence electrons. The number of aromatic nitrogens is 2. The summed E-state index contributed by atoms with van der Waals surface area (Å²) in [6, 6.07) is 18.6. The van der Waals surface area contributed by atoms with Crippen LogP contribution in [-0.4, -0.2) is 22.4 Å². The third-order valence-corrected chi connectivity index (χ3v) is 5.29. The third-order valence-electron chi connectivity index (χ3n) is 5.06. The Labute approximate surface area is 205 Å². The molecule has 0 unspecified atom stereocenters. The second-order valence-electron chi connectivity index (χ2n) is 7.43. The van der Waals surface area contributed by atoms with Crippen LogP contribution in [0.15, 0.2) is 77.2 Å². The van der Waals surface area contributed by atoms with Crippen molar-refractivity contribution in [3.8, 4) is 23.4 Å². The molecule has 1 amide bonds. The molecule has 0 saturated heterocycles. The molecule has 2 aromatic carbocycles. The van der Waals surface area contributed by atoms with Gasteiger partial charge in [0.05, 0.1) is 7.11 Å². The topological polar surface area (TPSA) is 106 Å². The van der Waals surface area contributed by atoms with E-state index in [1.165, 1.54) is 10.5 Å². The van der Waals surface area contributed by atoms with Crippen LogP contribution in [0.4, 0.5) is 5.69 Å². The molecular weight excluding hydrogens is 468 g/mol. The van der Waals surface area contributed by atoms with Gasteiger partial charge in [-0.1, -0.05) is 23.7 Å². The van der Waals surface area contributed by atoms with Crippen molar-refractivity contribution in [2.45, 2.75) is 6.92 Å². The molecule has 0 aliphatic heterocycles. The fourth-order valence-corrected chi connectivity index (χ4v) is 3.50. The quantitative estimate of drug-likeness (QED) is 0.303. The lowest BCUT2D eigenvalue weighted by molar-refractivity contribution is -0.112. The molecule has 9 heteroatoms. The number of aryl methyl sites for hydroxylation is 1. The summed E-state index contributed by atoms with van der Waals surface area (Å²) in [5, 5.41) is 12.7. The number of hydrogen-bond acceptors (Lipinski definition) is 6. The average molecular weight is 487 g/mol. The number of ether oxygens (including phenoxy) is 2. The van der Waals surface area contributed by atoms with Crippen molar-refractivity contribution in [2.24, 2.45) is 0 Å². The second kappa shape index (κ2) is 10.1. The Bertz CT molecular complexity index is 1550. The molecule has 35 heavy (non-hydrogen) atoms. The molecule has 0 radical (unpaired) electrons. The van der Waals surface area contributed by atoms with E-state index in [2.05, 4.69) is 10.3 Å². The minimum Gasteiger partial charge on any atom is -0.497 e. The van der Waals surface area contributed by atoms with Gasteiger partial charge in [-0.15, -0.1) is 0 Å². The number of nitriles is 1. The fourth-order valence-electron chi connectivity index (χ4n) is 3.31. The van der Waals surface area contributed by atoms with E-state index in [9.17, 15) is 14.9 Å². The van der Waals surface area contributed by atoms with E-state index in [4.69, 9.17) is 21.1 Å². The van der Waals surface area contributed by atoms with Crippen molar-refractivity contribution in [3.63, 3.8) is 0 Å². The van der Waals surface area contributed by atoms with Gasteiger partial charge in [0.25, 0.3) is 11.5 Å². The molecule has 4 rings (SSSR count). The van der Waals surface area contributed by atoms with Gasteiger partial charge in [0, 0.05) is 16.9 Å². The van der Waals surface area contributed by atoms with Crippen molar-refractivity contribution >= 4 is 34.9 Å². The molecule has 0 atom stereocenters. The zero-order chi connectivity index (χ0) is 24.9. The number of pyridine rings is 1. The number of hydrogen-bond donors (Lipinski definition) is 1. The van der Waals surface area contributed by atoms with Crippen LogP contribution in [0.5, 0.6) is 17.4 Å². The summed E-state index contributed by atoms with van der Waals surface area (Å²) in [5.41, 5.74) is 0.685. The minimum absolute atomic E-state index is 0.0437. The first-order valence-electron chi connectivity index (χ1n) is 10.4. The monoisotopic (exact) mass is 486 g/mol. The molecule has 0 saturated carbocycles. The summed E-state index contributed by atoms with van der Waals surface area (Å²) in [7, 11) is 1.55. The first-order valence-corrected chi connectivity index (χ1v) is 10.8. The van der Waals surface area contributed by atoms with Crippen molar-refractivity contribution in [3.05, 3.63) is 98.9 Å². The number of carbonyl (C=O) groups excluding carboxylic acids is 1. The lowest BCUT2D eigenvalue weighted by Crippen LogP contribution is -2.20. The van der Waals surface area contributed by atoms with Crippen LogP contribution in [0.25, 0.3) is 11.7 Å². The highest BCUT2D eigenvalue weighted by Gasteiger charge is 2.18. The second-order valence-corrected chi connectivity index (χ2v) is 7.87. The fraction of sp³-hybridized carbons (Fsp3) is 0.0769. The zero-order valence-electron chi connectivity index (χ0n) is 18.8. The van der Waals surface area contributed by atoms with Crippen LogP contribution >= 0.6 is 11.6 Å². The Morgan fingerprint density at radius 3 is 2.57 bits per heavy atom. The van der Waals surface area contributed by atoms with Gasteiger partial charge in [0.2, 0.25) is 5.88 Å². The van der Waals surface area contributed by atoms with Crippen LogP contribution in [0.1, 0.15) is 11.1 Å². The van der Waals surface area contributed by atoms with Crippen molar-refractivity contribution in [1.82, 2.24) is 9.38 Å². The first-order chi connectivity index (χ1) is 16.9. The predicted octanol–water partition coefficient (Wildman–Crippen LogP) is 5.00. The van der Waals surface area contributed by atoms with Crippen LogP contribution < -0.4 is 20.3 Å². The van der Waals surface area contributed by atoms with Crippen LogP contribution in [-0.2, 0) is 4.79 Å². The van der Waals surface area contributed by atoms with Crippen molar-refractivity contribution in [1.29, 1.82) is 5.26 Å². The van der Waals surface area contributed by atoms with E-state index in [0.717, 1.165) is 5.56 Å². The van der Waals surface area contributed by atoms with Gasteiger partial charge in [0.15, 0.2) is 0 Å². The predicted molar refractivity (Wildman–Crippen MR) is 133 cm³/mol. The summed E-state index contributed by atoms with van der Waals surface area (Å²) < 4.78 is 12.4. The Morgan fingerprint density at radius 2 is 1.89 bits per heavy atom. The largest absolute Gasteiger partial charge is 0.497 e. The summed E-state index contributed by atoms with van der Waals surface area (Å²) in [6.45, 7) is 1.81. The third kappa shape index (κ3) is 5.16. The summed E-state index contributed by atoms with van der Waals surface area (Å²) >= 11 is 5.97. The highest BCUT2D eigenvalue weighted by Crippen LogP contribution is 2.26. The van der Waals surface area contributed by atoms with Crippen molar-refractivity contribution in [2.75, 3.05) is 12.4 Å². The SMILES string of the molecule is COc1ccc(Oc2nc3c(C)cccn3c(=O)c2/C=C(/C#N)C(=O)Nc2cccc(Cl)c2)cc1. The average Bonchev–Trinajstić information content (AvgIpc) is 2.85. The normalized spacial score (nSPS) is 11.1. The molecule has 0 aliphatic carbocycles. The number of benzene rings is 2.